The van der Waals surface area contributed by atoms with Crippen LogP contribution in [-0.2, 0) is 9.59 Å². The molecule has 0 saturated heterocycles. The first kappa shape index (κ1) is 16.1. The molecule has 0 bridgehead atoms. The highest BCUT2D eigenvalue weighted by Gasteiger charge is 2.32. The zero-order valence-corrected chi connectivity index (χ0v) is 14.2. The maximum Gasteiger partial charge on any atom is 0.227 e. The van der Waals surface area contributed by atoms with Crippen LogP contribution in [0, 0.1) is 11.8 Å². The lowest BCUT2D eigenvalue weighted by Gasteiger charge is -2.27. The number of carbonyl (C=O) groups is 2. The van der Waals surface area contributed by atoms with E-state index in [4.69, 9.17) is 0 Å². The third-order valence-corrected chi connectivity index (χ3v) is 5.28. The number of anilines is 1. The van der Waals surface area contributed by atoms with Gasteiger partial charge in [-0.2, -0.15) is 0 Å². The summed E-state index contributed by atoms with van der Waals surface area (Å²) in [6.07, 6.45) is 7.10. The molecular formula is C20H23N3O2. The van der Waals surface area contributed by atoms with Gasteiger partial charge in [0, 0.05) is 29.5 Å². The van der Waals surface area contributed by atoms with Crippen LogP contribution in [0.1, 0.15) is 38.5 Å². The molecular weight excluding hydrogens is 314 g/mol. The van der Waals surface area contributed by atoms with Crippen LogP contribution in [0.4, 0.5) is 5.69 Å². The summed E-state index contributed by atoms with van der Waals surface area (Å²) in [7, 11) is 0. The van der Waals surface area contributed by atoms with E-state index in [9.17, 15) is 9.59 Å². The average Bonchev–Trinajstić information content (AvgIpc) is 3.46. The van der Waals surface area contributed by atoms with Crippen molar-refractivity contribution in [2.45, 2.75) is 44.6 Å². The van der Waals surface area contributed by atoms with Crippen LogP contribution in [0.15, 0.2) is 36.5 Å². The summed E-state index contributed by atoms with van der Waals surface area (Å²) in [6, 6.07) is 10.1. The summed E-state index contributed by atoms with van der Waals surface area (Å²) < 4.78 is 0. The summed E-state index contributed by atoms with van der Waals surface area (Å²) in [5.74, 6) is 0.270. The van der Waals surface area contributed by atoms with Crippen LogP contribution in [0.25, 0.3) is 10.9 Å². The number of pyridine rings is 1. The molecule has 1 aromatic carbocycles. The molecule has 25 heavy (non-hydrogen) atoms. The molecule has 2 aromatic rings. The van der Waals surface area contributed by atoms with E-state index in [1.54, 1.807) is 6.20 Å². The molecule has 130 valence electrons. The van der Waals surface area contributed by atoms with E-state index in [1.165, 1.54) is 0 Å². The predicted molar refractivity (Wildman–Crippen MR) is 97.0 cm³/mol. The summed E-state index contributed by atoms with van der Waals surface area (Å²) in [6.45, 7) is 0. The first-order valence-electron chi connectivity index (χ1n) is 9.15. The van der Waals surface area contributed by atoms with Crippen molar-refractivity contribution in [3.8, 4) is 0 Å². The standard InChI is InChI=1S/C20H23N3O2/c24-19(22-16-10-11-16)14-6-8-15(9-7-14)20(25)23-17-5-1-3-13-4-2-12-21-18(13)17/h1-5,12,14-16H,6-11H2,(H,22,24)(H,23,25). The van der Waals surface area contributed by atoms with E-state index in [0.29, 0.717) is 6.04 Å². The molecule has 0 atom stereocenters. The lowest BCUT2D eigenvalue weighted by atomic mass is 9.81. The van der Waals surface area contributed by atoms with Gasteiger partial charge in [-0.05, 0) is 50.7 Å². The van der Waals surface area contributed by atoms with Gasteiger partial charge in [0.15, 0.2) is 0 Å². The van der Waals surface area contributed by atoms with Crippen molar-refractivity contribution in [3.05, 3.63) is 36.5 Å². The fraction of sp³-hybridized carbons (Fsp3) is 0.450. The second kappa shape index (κ2) is 6.82. The average molecular weight is 337 g/mol. The second-order valence-electron chi connectivity index (χ2n) is 7.20. The van der Waals surface area contributed by atoms with Gasteiger partial charge < -0.3 is 10.6 Å². The minimum absolute atomic E-state index is 0.0241. The van der Waals surface area contributed by atoms with Crippen molar-refractivity contribution in [2.24, 2.45) is 11.8 Å². The number of nitrogens with zero attached hydrogens (tertiary/aromatic N) is 1. The summed E-state index contributed by atoms with van der Waals surface area (Å²) in [4.78, 5) is 29.2. The molecule has 0 aliphatic heterocycles. The first-order valence-corrected chi connectivity index (χ1v) is 9.15. The minimum atomic E-state index is -0.0241. The monoisotopic (exact) mass is 337 g/mol. The third-order valence-electron chi connectivity index (χ3n) is 5.28. The number of amides is 2. The molecule has 2 amide bonds. The Kier molecular flexibility index (Phi) is 4.38. The zero-order valence-electron chi connectivity index (χ0n) is 14.2. The Balaban J connectivity index is 1.36. The van der Waals surface area contributed by atoms with Gasteiger partial charge >= 0.3 is 0 Å². The van der Waals surface area contributed by atoms with Crippen LogP contribution in [-0.4, -0.2) is 22.8 Å². The van der Waals surface area contributed by atoms with Crippen LogP contribution < -0.4 is 10.6 Å². The number of benzene rings is 1. The van der Waals surface area contributed by atoms with E-state index >= 15 is 0 Å². The Bertz CT molecular complexity index is 787. The Morgan fingerprint density at radius 1 is 0.880 bits per heavy atom. The van der Waals surface area contributed by atoms with Crippen molar-refractivity contribution in [3.63, 3.8) is 0 Å². The maximum absolute atomic E-state index is 12.6. The lowest BCUT2D eigenvalue weighted by Crippen LogP contribution is -2.36. The van der Waals surface area contributed by atoms with E-state index in [-0.39, 0.29) is 23.7 Å². The molecule has 0 spiro atoms. The van der Waals surface area contributed by atoms with Gasteiger partial charge in [-0.15, -0.1) is 0 Å². The van der Waals surface area contributed by atoms with Crippen LogP contribution in [0.5, 0.6) is 0 Å². The van der Waals surface area contributed by atoms with Gasteiger partial charge in [0.2, 0.25) is 11.8 Å². The predicted octanol–water partition coefficient (Wildman–Crippen LogP) is 3.26. The fourth-order valence-corrected chi connectivity index (χ4v) is 3.60. The van der Waals surface area contributed by atoms with E-state index < -0.39 is 0 Å². The smallest absolute Gasteiger partial charge is 0.227 e. The molecule has 4 rings (SSSR count). The van der Waals surface area contributed by atoms with Crippen LogP contribution >= 0.6 is 0 Å². The summed E-state index contributed by atoms with van der Waals surface area (Å²) in [5.41, 5.74) is 1.58. The molecule has 0 unspecified atom stereocenters. The number of fused-ring (bicyclic) bond motifs is 1. The van der Waals surface area contributed by atoms with E-state index in [2.05, 4.69) is 15.6 Å². The first-order chi connectivity index (χ1) is 12.2. The molecule has 2 saturated carbocycles. The lowest BCUT2D eigenvalue weighted by molar-refractivity contribution is -0.128. The fourth-order valence-electron chi connectivity index (χ4n) is 3.60. The molecule has 2 aliphatic rings. The molecule has 1 heterocycles. The molecule has 1 aromatic heterocycles. The van der Waals surface area contributed by atoms with Gasteiger partial charge in [0.25, 0.3) is 0 Å². The minimum Gasteiger partial charge on any atom is -0.353 e. The quantitative estimate of drug-likeness (QED) is 0.899. The molecule has 5 nitrogen and oxygen atoms in total. The highest BCUT2D eigenvalue weighted by Crippen LogP contribution is 2.31. The molecule has 0 radical (unpaired) electrons. The van der Waals surface area contributed by atoms with E-state index in [1.807, 2.05) is 30.3 Å². The molecule has 2 aliphatic carbocycles. The normalized spacial score (nSPS) is 23.2. The Hall–Kier alpha value is -2.43. The van der Waals surface area contributed by atoms with Crippen molar-refractivity contribution in [2.75, 3.05) is 5.32 Å². The van der Waals surface area contributed by atoms with Gasteiger partial charge in [0.1, 0.15) is 0 Å². The Morgan fingerprint density at radius 2 is 1.56 bits per heavy atom. The number of para-hydroxylation sites is 1. The van der Waals surface area contributed by atoms with Crippen molar-refractivity contribution in [1.29, 1.82) is 0 Å². The van der Waals surface area contributed by atoms with Crippen molar-refractivity contribution >= 4 is 28.4 Å². The highest BCUT2D eigenvalue weighted by atomic mass is 16.2. The Labute approximate surface area is 147 Å². The van der Waals surface area contributed by atoms with Crippen LogP contribution in [0.3, 0.4) is 0 Å². The van der Waals surface area contributed by atoms with Gasteiger partial charge in [-0.3, -0.25) is 14.6 Å². The summed E-state index contributed by atoms with van der Waals surface area (Å²) >= 11 is 0. The SMILES string of the molecule is O=C(Nc1cccc2cccnc12)C1CCC(C(=O)NC2CC2)CC1. The summed E-state index contributed by atoms with van der Waals surface area (Å²) in [5, 5.41) is 7.13. The number of hydrogen-bond donors (Lipinski definition) is 2. The second-order valence-corrected chi connectivity index (χ2v) is 7.20. The molecule has 5 heteroatoms. The number of aromatic nitrogens is 1. The number of carbonyl (C=O) groups excluding carboxylic acids is 2. The molecule has 2 fully saturated rings. The zero-order chi connectivity index (χ0) is 17.2. The van der Waals surface area contributed by atoms with E-state index in [0.717, 1.165) is 55.1 Å². The van der Waals surface area contributed by atoms with Gasteiger partial charge in [-0.1, -0.05) is 18.2 Å². The number of hydrogen-bond acceptors (Lipinski definition) is 3. The third kappa shape index (κ3) is 3.65. The topological polar surface area (TPSA) is 71.1 Å². The Morgan fingerprint density at radius 3 is 2.28 bits per heavy atom. The van der Waals surface area contributed by atoms with Crippen molar-refractivity contribution in [1.82, 2.24) is 10.3 Å². The maximum atomic E-state index is 12.6. The largest absolute Gasteiger partial charge is 0.353 e. The van der Waals surface area contributed by atoms with Gasteiger partial charge in [-0.25, -0.2) is 0 Å². The van der Waals surface area contributed by atoms with Crippen molar-refractivity contribution < 1.29 is 9.59 Å². The number of nitrogens with one attached hydrogen (secondary N) is 2. The molecule has 2 N–H and O–H groups in total. The highest BCUT2D eigenvalue weighted by molar-refractivity contribution is 6.01. The van der Waals surface area contributed by atoms with Gasteiger partial charge in [0.05, 0.1) is 11.2 Å². The van der Waals surface area contributed by atoms with Crippen LogP contribution in [0.2, 0.25) is 0 Å². The number of rotatable bonds is 4.